The van der Waals surface area contributed by atoms with Crippen LogP contribution in [-0.4, -0.2) is 52.5 Å². The van der Waals surface area contributed by atoms with Gasteiger partial charge in [-0.2, -0.15) is 13.2 Å². The summed E-state index contributed by atoms with van der Waals surface area (Å²) in [5, 5.41) is 13.0. The second-order valence-electron chi connectivity index (χ2n) is 6.44. The van der Waals surface area contributed by atoms with Crippen molar-refractivity contribution in [1.29, 1.82) is 0 Å². The normalized spacial score (nSPS) is 27.3. The number of pyridine rings is 1. The van der Waals surface area contributed by atoms with Crippen LogP contribution < -0.4 is 5.32 Å². The van der Waals surface area contributed by atoms with Gasteiger partial charge in [-0.3, -0.25) is 14.6 Å². The smallest absolute Gasteiger partial charge is 0.392 e. The van der Waals surface area contributed by atoms with Gasteiger partial charge in [-0.25, -0.2) is 0 Å². The van der Waals surface area contributed by atoms with Crippen LogP contribution in [0.1, 0.15) is 35.3 Å². The second-order valence-corrected chi connectivity index (χ2v) is 6.44. The average Bonchev–Trinajstić information content (AvgIpc) is 2.58. The Morgan fingerprint density at radius 2 is 2.20 bits per heavy atom. The molecule has 1 aromatic heterocycles. The van der Waals surface area contributed by atoms with Crippen LogP contribution in [0.5, 0.6) is 0 Å². The summed E-state index contributed by atoms with van der Waals surface area (Å²) in [6, 6.07) is 2.35. The van der Waals surface area contributed by atoms with Gasteiger partial charge in [0.15, 0.2) is 5.69 Å². The molecule has 0 bridgehead atoms. The first kappa shape index (κ1) is 17.7. The Balaban J connectivity index is 1.90. The molecule has 3 rings (SSSR count). The number of nitrogens with one attached hydrogen (secondary N) is 1. The van der Waals surface area contributed by atoms with Crippen LogP contribution >= 0.6 is 0 Å². The van der Waals surface area contributed by atoms with Crippen LogP contribution in [-0.2, 0) is 11.0 Å². The molecule has 2 aliphatic heterocycles. The molecule has 2 aliphatic rings. The van der Waals surface area contributed by atoms with Crippen molar-refractivity contribution in [3.8, 4) is 0 Å². The number of nitrogens with zero attached hydrogens (tertiary/aromatic N) is 2. The highest BCUT2D eigenvalue weighted by molar-refractivity contribution is 5.96. The lowest BCUT2D eigenvalue weighted by Gasteiger charge is -2.46. The number of hydrogen-bond donors (Lipinski definition) is 2. The Morgan fingerprint density at radius 3 is 2.88 bits per heavy atom. The Bertz CT molecular complexity index is 695. The zero-order valence-electron chi connectivity index (χ0n) is 13.3. The summed E-state index contributed by atoms with van der Waals surface area (Å²) in [6.45, 7) is 0.467. The van der Waals surface area contributed by atoms with Gasteiger partial charge in [0.1, 0.15) is 0 Å². The van der Waals surface area contributed by atoms with Gasteiger partial charge < -0.3 is 15.3 Å². The van der Waals surface area contributed by atoms with Crippen molar-refractivity contribution in [3.63, 3.8) is 0 Å². The fraction of sp³-hybridized carbons (Fsp3) is 0.562. The quantitative estimate of drug-likeness (QED) is 0.791. The number of rotatable bonds is 1. The molecule has 2 saturated heterocycles. The number of likely N-dealkylation sites (tertiary alicyclic amines) is 1. The summed E-state index contributed by atoms with van der Waals surface area (Å²) in [6.07, 6.45) is -3.51. The second kappa shape index (κ2) is 6.29. The number of aromatic nitrogens is 1. The van der Waals surface area contributed by atoms with E-state index in [4.69, 9.17) is 0 Å². The Hall–Kier alpha value is -2.16. The highest BCUT2D eigenvalue weighted by Gasteiger charge is 2.51. The van der Waals surface area contributed by atoms with Crippen molar-refractivity contribution in [2.24, 2.45) is 5.41 Å². The van der Waals surface area contributed by atoms with Gasteiger partial charge in [-0.1, -0.05) is 0 Å². The molecule has 136 valence electrons. The SMILES string of the molecule is O=C(c1cccnc1C(F)(F)F)N1CC[C@H](O)[C@@]2(CCCNC2=O)C1. The van der Waals surface area contributed by atoms with Crippen molar-refractivity contribution < 1.29 is 27.9 Å². The highest BCUT2D eigenvalue weighted by atomic mass is 19.4. The molecule has 0 radical (unpaired) electrons. The molecule has 0 aromatic carbocycles. The number of hydrogen-bond acceptors (Lipinski definition) is 4. The summed E-state index contributed by atoms with van der Waals surface area (Å²) >= 11 is 0. The van der Waals surface area contributed by atoms with Crippen LogP contribution in [0.2, 0.25) is 0 Å². The molecule has 3 heterocycles. The van der Waals surface area contributed by atoms with E-state index in [0.717, 1.165) is 12.3 Å². The van der Waals surface area contributed by atoms with Gasteiger partial charge in [-0.15, -0.1) is 0 Å². The van der Waals surface area contributed by atoms with Gasteiger partial charge in [0.2, 0.25) is 5.91 Å². The summed E-state index contributed by atoms with van der Waals surface area (Å²) in [7, 11) is 0. The van der Waals surface area contributed by atoms with E-state index in [9.17, 15) is 27.9 Å². The van der Waals surface area contributed by atoms with Crippen LogP contribution in [0.3, 0.4) is 0 Å². The highest BCUT2D eigenvalue weighted by Crippen LogP contribution is 2.38. The first-order valence-corrected chi connectivity index (χ1v) is 8.03. The van der Waals surface area contributed by atoms with E-state index in [-0.39, 0.29) is 25.4 Å². The summed E-state index contributed by atoms with van der Waals surface area (Å²) in [4.78, 5) is 29.5. The third-order valence-corrected chi connectivity index (χ3v) is 4.91. The van der Waals surface area contributed by atoms with Crippen LogP contribution in [0.15, 0.2) is 18.3 Å². The number of alkyl halides is 3. The van der Waals surface area contributed by atoms with Crippen LogP contribution in [0.4, 0.5) is 13.2 Å². The van der Waals surface area contributed by atoms with E-state index >= 15 is 0 Å². The molecule has 2 atom stereocenters. The van der Waals surface area contributed by atoms with Crippen LogP contribution in [0.25, 0.3) is 0 Å². The molecule has 9 heteroatoms. The number of aliphatic hydroxyl groups is 1. The molecule has 0 saturated carbocycles. The van der Waals surface area contributed by atoms with E-state index < -0.39 is 34.9 Å². The fourth-order valence-electron chi connectivity index (χ4n) is 3.59. The monoisotopic (exact) mass is 357 g/mol. The largest absolute Gasteiger partial charge is 0.434 e. The molecule has 0 unspecified atom stereocenters. The van der Waals surface area contributed by atoms with Crippen molar-refractivity contribution >= 4 is 11.8 Å². The van der Waals surface area contributed by atoms with Crippen molar-refractivity contribution in [2.75, 3.05) is 19.6 Å². The minimum atomic E-state index is -4.75. The zero-order valence-corrected chi connectivity index (χ0v) is 13.3. The minimum absolute atomic E-state index is 0.0845. The van der Waals surface area contributed by atoms with Gasteiger partial charge in [0.05, 0.1) is 17.1 Å². The molecule has 6 nitrogen and oxygen atoms in total. The maximum absolute atomic E-state index is 13.1. The van der Waals surface area contributed by atoms with Crippen molar-refractivity contribution in [3.05, 3.63) is 29.6 Å². The third kappa shape index (κ3) is 3.08. The van der Waals surface area contributed by atoms with Crippen molar-refractivity contribution in [1.82, 2.24) is 15.2 Å². The van der Waals surface area contributed by atoms with E-state index in [0.29, 0.717) is 19.4 Å². The van der Waals surface area contributed by atoms with Crippen molar-refractivity contribution in [2.45, 2.75) is 31.5 Å². The van der Waals surface area contributed by atoms with Gasteiger partial charge >= 0.3 is 6.18 Å². The van der Waals surface area contributed by atoms with Gasteiger partial charge in [0.25, 0.3) is 5.91 Å². The van der Waals surface area contributed by atoms with Crippen LogP contribution in [0, 0.1) is 5.41 Å². The van der Waals surface area contributed by atoms with E-state index in [1.54, 1.807) is 0 Å². The fourth-order valence-corrected chi connectivity index (χ4v) is 3.59. The lowest BCUT2D eigenvalue weighted by atomic mass is 9.71. The molecule has 2 fully saturated rings. The molecule has 0 aliphatic carbocycles. The summed E-state index contributed by atoms with van der Waals surface area (Å²) < 4.78 is 39.3. The Labute approximate surface area is 142 Å². The number of piperidine rings is 2. The number of halogens is 3. The Kier molecular flexibility index (Phi) is 4.44. The molecule has 25 heavy (non-hydrogen) atoms. The molecular weight excluding hydrogens is 339 g/mol. The standard InChI is InChI=1S/C16H18F3N3O3/c17-16(18,19)12-10(3-1-6-20-12)13(24)22-8-4-11(23)15(9-22)5-2-7-21-14(15)25/h1,3,6,11,23H,2,4-5,7-9H2,(H,21,25)/t11-,15+/m0/s1. The molecular formula is C16H18F3N3O3. The summed E-state index contributed by atoms with van der Waals surface area (Å²) in [5.41, 5.74) is -2.95. The van der Waals surface area contributed by atoms with E-state index in [2.05, 4.69) is 10.3 Å². The molecule has 2 amide bonds. The first-order chi connectivity index (χ1) is 11.8. The lowest BCUT2D eigenvalue weighted by molar-refractivity contribution is -0.148. The van der Waals surface area contributed by atoms with Gasteiger partial charge in [0, 0.05) is 25.8 Å². The number of carbonyl (C=O) groups excluding carboxylic acids is 2. The third-order valence-electron chi connectivity index (χ3n) is 4.91. The Morgan fingerprint density at radius 1 is 1.44 bits per heavy atom. The van der Waals surface area contributed by atoms with Gasteiger partial charge in [-0.05, 0) is 31.4 Å². The topological polar surface area (TPSA) is 82.5 Å². The number of aliphatic hydroxyl groups excluding tert-OH is 1. The maximum atomic E-state index is 13.1. The predicted molar refractivity (Wildman–Crippen MR) is 80.4 cm³/mol. The number of amides is 2. The van der Waals surface area contributed by atoms with E-state index in [1.807, 2.05) is 0 Å². The average molecular weight is 357 g/mol. The zero-order chi connectivity index (χ0) is 18.2. The number of carbonyl (C=O) groups is 2. The molecule has 2 N–H and O–H groups in total. The first-order valence-electron chi connectivity index (χ1n) is 8.03. The maximum Gasteiger partial charge on any atom is 0.434 e. The minimum Gasteiger partial charge on any atom is -0.392 e. The molecule has 1 spiro atoms. The molecule has 1 aromatic rings. The summed E-state index contributed by atoms with van der Waals surface area (Å²) in [5.74, 6) is -1.18. The lowest BCUT2D eigenvalue weighted by Crippen LogP contribution is -2.62. The van der Waals surface area contributed by atoms with E-state index in [1.165, 1.54) is 11.0 Å². The predicted octanol–water partition coefficient (Wildman–Crippen LogP) is 1.20.